The number of fused-ring (bicyclic) bond motifs is 1. The van der Waals surface area contributed by atoms with Crippen LogP contribution in [0.15, 0.2) is 29.6 Å². The van der Waals surface area contributed by atoms with Gasteiger partial charge in [0.1, 0.15) is 12.4 Å². The van der Waals surface area contributed by atoms with Gasteiger partial charge in [0.05, 0.1) is 18.7 Å². The normalized spacial score (nSPS) is 17.2. The number of aliphatic hydroxyl groups excluding tert-OH is 1. The Bertz CT molecular complexity index is 867. The van der Waals surface area contributed by atoms with Crippen molar-refractivity contribution in [3.8, 4) is 5.75 Å². The number of rotatable bonds is 9. The number of hydrogen-bond donors (Lipinski definition) is 1. The Morgan fingerprint density at radius 3 is 2.71 bits per heavy atom. The average molecular weight is 445 g/mol. The van der Waals surface area contributed by atoms with Gasteiger partial charge in [-0.2, -0.15) is 0 Å². The highest BCUT2D eigenvalue weighted by Crippen LogP contribution is 2.34. The fraction of sp³-hybridized carbons (Fsp3) is 0.560. The summed E-state index contributed by atoms with van der Waals surface area (Å²) in [5.74, 6) is 1.41. The maximum Gasteiger partial charge on any atom is 0.237 e. The van der Waals surface area contributed by atoms with E-state index in [2.05, 4.69) is 56.2 Å². The minimum Gasteiger partial charge on any atom is -0.491 e. The van der Waals surface area contributed by atoms with Gasteiger partial charge in [0.15, 0.2) is 0 Å². The molecule has 2 atom stereocenters. The molecule has 1 amide bonds. The van der Waals surface area contributed by atoms with Crippen molar-refractivity contribution in [1.82, 2.24) is 9.80 Å². The summed E-state index contributed by atoms with van der Waals surface area (Å²) in [6, 6.07) is 8.24. The van der Waals surface area contributed by atoms with Crippen LogP contribution in [0.4, 0.5) is 0 Å². The Labute approximate surface area is 190 Å². The van der Waals surface area contributed by atoms with Crippen LogP contribution in [0, 0.1) is 19.8 Å². The molecule has 3 rings (SSSR count). The average Bonchev–Trinajstić information content (AvgIpc) is 3.15. The van der Waals surface area contributed by atoms with Crippen molar-refractivity contribution in [2.24, 2.45) is 5.92 Å². The van der Waals surface area contributed by atoms with Gasteiger partial charge < -0.3 is 14.7 Å². The molecule has 1 aliphatic heterocycles. The van der Waals surface area contributed by atoms with E-state index in [1.54, 1.807) is 18.3 Å². The van der Waals surface area contributed by atoms with Crippen molar-refractivity contribution in [3.05, 3.63) is 51.2 Å². The first-order valence-electron chi connectivity index (χ1n) is 11.2. The lowest BCUT2D eigenvalue weighted by atomic mass is 10.00. The molecule has 0 bridgehead atoms. The van der Waals surface area contributed by atoms with Crippen LogP contribution in [0.25, 0.3) is 0 Å². The van der Waals surface area contributed by atoms with Gasteiger partial charge in [-0.3, -0.25) is 9.69 Å². The number of hydrogen-bond acceptors (Lipinski definition) is 5. The quantitative estimate of drug-likeness (QED) is 0.630. The molecular weight excluding hydrogens is 408 g/mol. The summed E-state index contributed by atoms with van der Waals surface area (Å²) in [5, 5.41) is 12.0. The van der Waals surface area contributed by atoms with Gasteiger partial charge >= 0.3 is 0 Å². The van der Waals surface area contributed by atoms with Crippen LogP contribution in [-0.4, -0.2) is 59.7 Å². The van der Waals surface area contributed by atoms with Crippen LogP contribution in [0.3, 0.4) is 0 Å². The monoisotopic (exact) mass is 444 g/mol. The molecule has 2 heterocycles. The molecule has 6 heteroatoms. The van der Waals surface area contributed by atoms with Gasteiger partial charge in [-0.15, -0.1) is 11.3 Å². The third-order valence-electron chi connectivity index (χ3n) is 5.65. The zero-order chi connectivity index (χ0) is 22.5. The minimum atomic E-state index is -0.458. The van der Waals surface area contributed by atoms with Crippen LogP contribution in [-0.2, 0) is 11.2 Å². The maximum atomic E-state index is 13.4. The second-order valence-electron chi connectivity index (χ2n) is 9.17. The highest BCUT2D eigenvalue weighted by atomic mass is 32.1. The number of carbonyl (C=O) groups excluding carboxylic acids is 1. The zero-order valence-corrected chi connectivity index (χ0v) is 20.2. The van der Waals surface area contributed by atoms with E-state index in [1.807, 2.05) is 11.0 Å². The molecule has 0 radical (unpaired) electrons. The van der Waals surface area contributed by atoms with Crippen molar-refractivity contribution in [2.45, 2.75) is 53.2 Å². The van der Waals surface area contributed by atoms with Crippen LogP contribution in [0.2, 0.25) is 0 Å². The standard InChI is InChI=1S/C25H36N2O3S/c1-17(2)13-26(14-20(5)28)15-25(29)27-10-8-24-21(9-11-31-24)22(27)16-30-23-7-6-18(3)12-19(23)4/h6-7,9,11-12,17,20,22,28H,8,10,13-16H2,1-5H3/t20-,22+/m0/s1. The number of nitrogens with zero attached hydrogens (tertiary/aromatic N) is 2. The van der Waals surface area contributed by atoms with E-state index in [-0.39, 0.29) is 11.9 Å². The van der Waals surface area contributed by atoms with Crippen molar-refractivity contribution in [1.29, 1.82) is 0 Å². The predicted molar refractivity (Wildman–Crippen MR) is 127 cm³/mol. The topological polar surface area (TPSA) is 53.0 Å². The molecule has 170 valence electrons. The molecule has 0 spiro atoms. The van der Waals surface area contributed by atoms with E-state index in [9.17, 15) is 9.90 Å². The lowest BCUT2D eigenvalue weighted by Gasteiger charge is -2.37. The zero-order valence-electron chi connectivity index (χ0n) is 19.4. The van der Waals surface area contributed by atoms with Gasteiger partial charge in [-0.05, 0) is 61.7 Å². The number of benzene rings is 1. The first-order chi connectivity index (χ1) is 14.7. The number of aryl methyl sites for hydroxylation is 2. The molecule has 0 unspecified atom stereocenters. The molecule has 1 aromatic heterocycles. The predicted octanol–water partition coefficient (Wildman–Crippen LogP) is 4.21. The summed E-state index contributed by atoms with van der Waals surface area (Å²) in [7, 11) is 0. The first-order valence-corrected chi connectivity index (χ1v) is 12.1. The molecule has 1 aromatic carbocycles. The summed E-state index contributed by atoms with van der Waals surface area (Å²) in [6.07, 6.45) is 0.430. The molecule has 0 aliphatic carbocycles. The Kier molecular flexibility index (Phi) is 8.14. The van der Waals surface area contributed by atoms with Gasteiger partial charge in [0.25, 0.3) is 0 Å². The Balaban J connectivity index is 1.76. The highest BCUT2D eigenvalue weighted by Gasteiger charge is 2.33. The number of carbonyl (C=O) groups is 1. The minimum absolute atomic E-state index is 0.0874. The molecule has 0 fully saturated rings. The lowest BCUT2D eigenvalue weighted by Crippen LogP contribution is -2.48. The summed E-state index contributed by atoms with van der Waals surface area (Å²) in [5.41, 5.74) is 3.53. The summed E-state index contributed by atoms with van der Waals surface area (Å²) >= 11 is 1.76. The van der Waals surface area contributed by atoms with E-state index in [4.69, 9.17) is 4.74 Å². The molecule has 0 saturated heterocycles. The molecule has 2 aromatic rings. The third-order valence-corrected chi connectivity index (χ3v) is 6.64. The van der Waals surface area contributed by atoms with Gasteiger partial charge in [0.2, 0.25) is 5.91 Å². The second kappa shape index (κ2) is 10.6. The van der Waals surface area contributed by atoms with Crippen LogP contribution in [0.5, 0.6) is 5.75 Å². The van der Waals surface area contributed by atoms with Crippen molar-refractivity contribution >= 4 is 17.2 Å². The van der Waals surface area contributed by atoms with Crippen LogP contribution < -0.4 is 4.74 Å². The molecular formula is C25H36N2O3S. The molecule has 0 saturated carbocycles. The maximum absolute atomic E-state index is 13.4. The van der Waals surface area contributed by atoms with Crippen LogP contribution in [0.1, 0.15) is 48.4 Å². The molecule has 5 nitrogen and oxygen atoms in total. The highest BCUT2D eigenvalue weighted by molar-refractivity contribution is 7.10. The first kappa shape index (κ1) is 23.8. The number of ether oxygens (including phenoxy) is 1. The van der Waals surface area contributed by atoms with Gasteiger partial charge in [0, 0.05) is 24.5 Å². The largest absolute Gasteiger partial charge is 0.491 e. The fourth-order valence-corrected chi connectivity index (χ4v) is 5.31. The summed E-state index contributed by atoms with van der Waals surface area (Å²) < 4.78 is 6.23. The van der Waals surface area contributed by atoms with Crippen molar-refractivity contribution < 1.29 is 14.6 Å². The van der Waals surface area contributed by atoms with E-state index in [1.165, 1.54) is 16.0 Å². The summed E-state index contributed by atoms with van der Waals surface area (Å²) in [6.45, 7) is 12.9. The Hall–Kier alpha value is -1.89. The van der Waals surface area contributed by atoms with E-state index < -0.39 is 6.10 Å². The molecule has 1 aliphatic rings. The van der Waals surface area contributed by atoms with Gasteiger partial charge in [-0.1, -0.05) is 31.5 Å². The molecule has 1 N–H and O–H groups in total. The number of amides is 1. The smallest absolute Gasteiger partial charge is 0.237 e. The van der Waals surface area contributed by atoms with Crippen molar-refractivity contribution in [3.63, 3.8) is 0 Å². The SMILES string of the molecule is Cc1ccc(OC[C@@H]2c3ccsc3CCN2C(=O)CN(CC(C)C)C[C@H](C)O)c(C)c1. The van der Waals surface area contributed by atoms with E-state index >= 15 is 0 Å². The lowest BCUT2D eigenvalue weighted by molar-refractivity contribution is -0.136. The van der Waals surface area contributed by atoms with Crippen molar-refractivity contribution in [2.75, 3.05) is 32.8 Å². The fourth-order valence-electron chi connectivity index (χ4n) is 4.38. The second-order valence-corrected chi connectivity index (χ2v) is 10.2. The number of thiophene rings is 1. The van der Waals surface area contributed by atoms with E-state index in [0.717, 1.165) is 24.3 Å². The Morgan fingerprint density at radius 2 is 2.03 bits per heavy atom. The summed E-state index contributed by atoms with van der Waals surface area (Å²) in [4.78, 5) is 18.8. The number of aliphatic hydroxyl groups is 1. The van der Waals surface area contributed by atoms with Crippen LogP contribution >= 0.6 is 11.3 Å². The Morgan fingerprint density at radius 1 is 1.26 bits per heavy atom. The third kappa shape index (κ3) is 6.31. The van der Waals surface area contributed by atoms with E-state index in [0.29, 0.717) is 32.2 Å². The van der Waals surface area contributed by atoms with Gasteiger partial charge in [-0.25, -0.2) is 0 Å². The molecule has 31 heavy (non-hydrogen) atoms.